The summed E-state index contributed by atoms with van der Waals surface area (Å²) in [5.74, 6) is -0.357. The molecular formula is C19H21NO6S2. The van der Waals surface area contributed by atoms with Gasteiger partial charge in [-0.15, -0.1) is 11.3 Å². The molecule has 0 aliphatic rings. The first kappa shape index (κ1) is 16.6. The van der Waals surface area contributed by atoms with Crippen molar-refractivity contribution in [1.82, 2.24) is 5.32 Å². The van der Waals surface area contributed by atoms with Gasteiger partial charge in [0.15, 0.2) is 11.5 Å². The summed E-state index contributed by atoms with van der Waals surface area (Å²) in [6.07, 6.45) is 0.421. The van der Waals surface area contributed by atoms with E-state index in [1.807, 2.05) is 24.6 Å². The standard InChI is InChI=1S/C19H21NO6S2/c1-20-11-10-16(18-7-4-12-27-18)25-15-6-3-5-14-13(15)8-9-17(24-2)19(14)26-28(21,22)23/h3-9,12,16,20H,10-11H2,1-2H3,(H,21,22,23)/t16-/m0/s1/i2D3. The Labute approximate surface area is 172 Å². The van der Waals surface area contributed by atoms with E-state index in [-0.39, 0.29) is 17.2 Å². The van der Waals surface area contributed by atoms with E-state index in [1.54, 1.807) is 29.5 Å². The van der Waals surface area contributed by atoms with E-state index >= 15 is 0 Å². The molecule has 0 saturated heterocycles. The average Bonchev–Trinajstić information content (AvgIpc) is 3.19. The van der Waals surface area contributed by atoms with Crippen molar-refractivity contribution >= 4 is 32.5 Å². The first-order valence-electron chi connectivity index (χ1n) is 9.84. The summed E-state index contributed by atoms with van der Waals surface area (Å²) in [5.41, 5.74) is 0. The topological polar surface area (TPSA) is 94.1 Å². The molecule has 0 bridgehead atoms. The SMILES string of the molecule is [2H]C([2H])([2H])Oc1ccc2c(O[C@@H](CCNC)c3cccs3)cccc2c1OS(=O)(=O)O. The lowest BCUT2D eigenvalue weighted by Crippen LogP contribution is -2.15. The number of methoxy groups -OCH3 is 1. The minimum Gasteiger partial charge on any atom is -0.493 e. The van der Waals surface area contributed by atoms with E-state index in [2.05, 4.69) is 9.50 Å². The molecule has 1 heterocycles. The number of nitrogens with one attached hydrogen (secondary N) is 1. The summed E-state index contributed by atoms with van der Waals surface area (Å²) in [6.45, 7) is 0.709. The molecule has 7 nitrogen and oxygen atoms in total. The molecule has 2 N–H and O–H groups in total. The van der Waals surface area contributed by atoms with Gasteiger partial charge in [0.1, 0.15) is 11.9 Å². The fourth-order valence-corrected chi connectivity index (χ4v) is 3.99. The van der Waals surface area contributed by atoms with Gasteiger partial charge in [-0.05, 0) is 43.2 Å². The number of hydrogen-bond acceptors (Lipinski definition) is 7. The van der Waals surface area contributed by atoms with Gasteiger partial charge in [-0.3, -0.25) is 4.55 Å². The van der Waals surface area contributed by atoms with Gasteiger partial charge >= 0.3 is 10.4 Å². The summed E-state index contributed by atoms with van der Waals surface area (Å²) >= 11 is 1.55. The molecule has 0 unspecified atom stereocenters. The van der Waals surface area contributed by atoms with Crippen LogP contribution in [0.3, 0.4) is 0 Å². The third-order valence-electron chi connectivity index (χ3n) is 4.02. The lowest BCUT2D eigenvalue weighted by Gasteiger charge is -2.20. The molecule has 0 spiro atoms. The molecule has 0 amide bonds. The molecule has 1 atom stereocenters. The van der Waals surface area contributed by atoms with E-state index in [0.29, 0.717) is 24.1 Å². The molecule has 0 fully saturated rings. The van der Waals surface area contributed by atoms with Gasteiger partial charge in [0, 0.05) is 22.1 Å². The maximum Gasteiger partial charge on any atom is 0.446 e. The van der Waals surface area contributed by atoms with Crippen molar-refractivity contribution in [3.63, 3.8) is 0 Å². The lowest BCUT2D eigenvalue weighted by molar-refractivity contribution is 0.201. The van der Waals surface area contributed by atoms with Crippen LogP contribution < -0.4 is 19.0 Å². The predicted molar refractivity (Wildman–Crippen MR) is 109 cm³/mol. The van der Waals surface area contributed by atoms with Crippen LogP contribution in [0.5, 0.6) is 17.2 Å². The minimum absolute atomic E-state index is 0.204. The highest BCUT2D eigenvalue weighted by molar-refractivity contribution is 7.81. The fraction of sp³-hybridized carbons (Fsp3) is 0.263. The zero-order valence-corrected chi connectivity index (χ0v) is 16.5. The van der Waals surface area contributed by atoms with Crippen molar-refractivity contribution in [3.05, 3.63) is 52.7 Å². The second-order valence-corrected chi connectivity index (χ2v) is 7.87. The molecule has 28 heavy (non-hydrogen) atoms. The van der Waals surface area contributed by atoms with Crippen molar-refractivity contribution in [2.75, 3.05) is 20.6 Å². The quantitative estimate of drug-likeness (QED) is 0.502. The molecule has 0 aliphatic carbocycles. The summed E-state index contributed by atoms with van der Waals surface area (Å²) in [7, 11) is -5.95. The van der Waals surface area contributed by atoms with Crippen LogP contribution in [0.1, 0.15) is 21.5 Å². The number of rotatable bonds is 9. The van der Waals surface area contributed by atoms with Crippen LogP contribution in [-0.2, 0) is 10.4 Å². The van der Waals surface area contributed by atoms with Crippen LogP contribution >= 0.6 is 11.3 Å². The fourth-order valence-electron chi connectivity index (χ4n) is 2.82. The first-order chi connectivity index (χ1) is 14.6. The number of fused-ring (bicyclic) bond motifs is 1. The van der Waals surface area contributed by atoms with Crippen molar-refractivity contribution in [3.8, 4) is 17.2 Å². The highest BCUT2D eigenvalue weighted by atomic mass is 32.3. The summed E-state index contributed by atoms with van der Waals surface area (Å²) in [6, 6.07) is 11.5. The minimum atomic E-state index is -4.94. The van der Waals surface area contributed by atoms with Crippen LogP contribution in [0.4, 0.5) is 0 Å². The van der Waals surface area contributed by atoms with Crippen molar-refractivity contribution in [2.24, 2.45) is 0 Å². The smallest absolute Gasteiger partial charge is 0.446 e. The van der Waals surface area contributed by atoms with Crippen LogP contribution in [0.15, 0.2) is 47.8 Å². The Morgan fingerprint density at radius 3 is 2.71 bits per heavy atom. The van der Waals surface area contributed by atoms with Gasteiger partial charge in [-0.25, -0.2) is 0 Å². The van der Waals surface area contributed by atoms with Crippen LogP contribution in [-0.4, -0.2) is 33.6 Å². The molecule has 0 radical (unpaired) electrons. The Morgan fingerprint density at radius 2 is 2.04 bits per heavy atom. The first-order valence-corrected chi connectivity index (χ1v) is 10.6. The van der Waals surface area contributed by atoms with E-state index in [9.17, 15) is 13.0 Å². The Kier molecular flexibility index (Phi) is 5.21. The molecule has 1 aromatic heterocycles. The summed E-state index contributed by atoms with van der Waals surface area (Å²) < 4.78 is 69.7. The maximum atomic E-state index is 11.4. The van der Waals surface area contributed by atoms with E-state index in [1.165, 1.54) is 12.1 Å². The normalized spacial score (nSPS) is 14.7. The van der Waals surface area contributed by atoms with E-state index < -0.39 is 23.2 Å². The number of benzene rings is 2. The molecular weight excluding hydrogens is 402 g/mol. The molecule has 2 aromatic carbocycles. The largest absolute Gasteiger partial charge is 0.493 e. The molecule has 9 heteroatoms. The Hall–Kier alpha value is -2.33. The Bertz CT molecular complexity index is 1130. The molecule has 3 rings (SSSR count). The molecule has 3 aromatic rings. The average molecular weight is 427 g/mol. The van der Waals surface area contributed by atoms with Gasteiger partial charge in [0.2, 0.25) is 0 Å². The molecule has 0 saturated carbocycles. The summed E-state index contributed by atoms with van der Waals surface area (Å²) in [5, 5.41) is 5.70. The zero-order valence-electron chi connectivity index (χ0n) is 17.9. The number of thiophene rings is 1. The number of hydrogen-bond donors (Lipinski definition) is 2. The Balaban J connectivity index is 2.08. The van der Waals surface area contributed by atoms with Gasteiger partial charge in [-0.2, -0.15) is 8.42 Å². The van der Waals surface area contributed by atoms with Crippen molar-refractivity contribution < 1.29 is 30.7 Å². The molecule has 150 valence electrons. The van der Waals surface area contributed by atoms with Gasteiger partial charge in [-0.1, -0.05) is 18.2 Å². The second kappa shape index (κ2) is 8.78. The lowest BCUT2D eigenvalue weighted by atomic mass is 10.1. The van der Waals surface area contributed by atoms with Crippen LogP contribution in [0, 0.1) is 0 Å². The van der Waals surface area contributed by atoms with E-state index in [4.69, 9.17) is 13.6 Å². The molecule has 0 aliphatic heterocycles. The summed E-state index contributed by atoms with van der Waals surface area (Å²) in [4.78, 5) is 1.02. The van der Waals surface area contributed by atoms with Gasteiger partial charge in [0.25, 0.3) is 0 Å². The Morgan fingerprint density at radius 1 is 1.18 bits per heavy atom. The van der Waals surface area contributed by atoms with Crippen molar-refractivity contribution in [1.29, 1.82) is 0 Å². The van der Waals surface area contributed by atoms with Gasteiger partial charge < -0.3 is 19.0 Å². The highest BCUT2D eigenvalue weighted by Gasteiger charge is 2.20. The highest BCUT2D eigenvalue weighted by Crippen LogP contribution is 2.41. The zero-order chi connectivity index (χ0) is 22.6. The predicted octanol–water partition coefficient (Wildman–Crippen LogP) is 3.82. The third kappa shape index (κ3) is 4.74. The van der Waals surface area contributed by atoms with Crippen LogP contribution in [0.2, 0.25) is 0 Å². The van der Waals surface area contributed by atoms with E-state index in [0.717, 1.165) is 4.88 Å². The van der Waals surface area contributed by atoms with Gasteiger partial charge in [0.05, 0.1) is 11.2 Å². The van der Waals surface area contributed by atoms with Crippen LogP contribution in [0.25, 0.3) is 10.8 Å². The second-order valence-electron chi connectivity index (χ2n) is 5.87. The monoisotopic (exact) mass is 426 g/mol. The third-order valence-corrected chi connectivity index (χ3v) is 5.36. The number of ether oxygens (including phenoxy) is 2. The van der Waals surface area contributed by atoms with Crippen molar-refractivity contribution in [2.45, 2.75) is 12.5 Å². The maximum absolute atomic E-state index is 11.4.